The predicted octanol–water partition coefficient (Wildman–Crippen LogP) is 4.34. The van der Waals surface area contributed by atoms with E-state index in [4.69, 9.17) is 9.84 Å². The third kappa shape index (κ3) is 4.01. The second-order valence-corrected chi connectivity index (χ2v) is 8.54. The van der Waals surface area contributed by atoms with E-state index >= 15 is 0 Å². The van der Waals surface area contributed by atoms with Gasteiger partial charge in [0, 0.05) is 5.39 Å². The first-order chi connectivity index (χ1) is 14.4. The second kappa shape index (κ2) is 7.96. The van der Waals surface area contributed by atoms with E-state index in [1.165, 1.54) is 36.4 Å². The number of carboxylic acids is 1. The molecule has 0 atom stereocenters. The molecule has 3 aromatic carbocycles. The number of pyridine rings is 1. The highest BCUT2D eigenvalue weighted by Gasteiger charge is 2.18. The lowest BCUT2D eigenvalue weighted by molar-refractivity contribution is 0.0696. The molecule has 4 rings (SSSR count). The molecule has 1 N–H and O–H groups in total. The van der Waals surface area contributed by atoms with Gasteiger partial charge in [-0.25, -0.2) is 18.2 Å². The lowest BCUT2D eigenvalue weighted by Gasteiger charge is -2.09. The van der Waals surface area contributed by atoms with E-state index < -0.39 is 15.8 Å². The Morgan fingerprint density at radius 2 is 1.47 bits per heavy atom. The first-order valence-electron chi connectivity index (χ1n) is 9.09. The summed E-state index contributed by atoms with van der Waals surface area (Å²) in [6.45, 7) is 0.258. The number of hydrogen-bond donors (Lipinski definition) is 1. The van der Waals surface area contributed by atoms with Crippen molar-refractivity contribution in [1.29, 1.82) is 0 Å². The van der Waals surface area contributed by atoms with Gasteiger partial charge in [-0.1, -0.05) is 24.3 Å². The van der Waals surface area contributed by atoms with Crippen molar-refractivity contribution in [3.8, 4) is 5.75 Å². The molecule has 0 unspecified atom stereocenters. The van der Waals surface area contributed by atoms with Crippen LogP contribution in [0.25, 0.3) is 10.9 Å². The Hall–Kier alpha value is -3.71. The summed E-state index contributed by atoms with van der Waals surface area (Å²) in [6, 6.07) is 22.9. The SMILES string of the molecule is O=C(O)c1ccc(S(=O)(=O)c2ccc(OCc3ccc4ccccc4n3)cc2)cc1. The summed E-state index contributed by atoms with van der Waals surface area (Å²) in [5.41, 5.74) is 1.68. The number of sulfone groups is 1. The number of aromatic nitrogens is 1. The fraction of sp³-hybridized carbons (Fsp3) is 0.0435. The van der Waals surface area contributed by atoms with Gasteiger partial charge in [-0.15, -0.1) is 0 Å². The third-order valence-electron chi connectivity index (χ3n) is 4.59. The molecule has 150 valence electrons. The number of aromatic carboxylic acids is 1. The van der Waals surface area contributed by atoms with Crippen LogP contribution in [0.1, 0.15) is 16.1 Å². The molecular formula is C23H17NO5S. The molecule has 4 aromatic rings. The number of para-hydroxylation sites is 1. The molecule has 0 saturated heterocycles. The molecule has 30 heavy (non-hydrogen) atoms. The van der Waals surface area contributed by atoms with Crippen LogP contribution >= 0.6 is 0 Å². The monoisotopic (exact) mass is 419 g/mol. The Morgan fingerprint density at radius 3 is 2.13 bits per heavy atom. The topological polar surface area (TPSA) is 93.6 Å². The van der Waals surface area contributed by atoms with E-state index in [1.807, 2.05) is 36.4 Å². The molecule has 0 bridgehead atoms. The summed E-state index contributed by atoms with van der Waals surface area (Å²) >= 11 is 0. The molecule has 0 amide bonds. The lowest BCUT2D eigenvalue weighted by Crippen LogP contribution is -2.04. The van der Waals surface area contributed by atoms with Gasteiger partial charge in [-0.05, 0) is 60.7 Å². The number of hydrogen-bond acceptors (Lipinski definition) is 5. The van der Waals surface area contributed by atoms with Crippen LogP contribution in [0.5, 0.6) is 5.75 Å². The van der Waals surface area contributed by atoms with Gasteiger partial charge in [0.05, 0.1) is 26.6 Å². The largest absolute Gasteiger partial charge is 0.487 e. The molecular weight excluding hydrogens is 402 g/mol. The molecule has 0 radical (unpaired) electrons. The zero-order chi connectivity index (χ0) is 21.1. The second-order valence-electron chi connectivity index (χ2n) is 6.59. The third-order valence-corrected chi connectivity index (χ3v) is 6.37. The minimum Gasteiger partial charge on any atom is -0.487 e. The zero-order valence-electron chi connectivity index (χ0n) is 15.7. The Morgan fingerprint density at radius 1 is 0.833 bits per heavy atom. The summed E-state index contributed by atoms with van der Waals surface area (Å²) in [5.74, 6) is -0.591. The Balaban J connectivity index is 1.48. The molecule has 0 fully saturated rings. The van der Waals surface area contributed by atoms with E-state index in [2.05, 4.69) is 4.98 Å². The smallest absolute Gasteiger partial charge is 0.335 e. The zero-order valence-corrected chi connectivity index (χ0v) is 16.5. The van der Waals surface area contributed by atoms with Gasteiger partial charge in [0.15, 0.2) is 0 Å². The van der Waals surface area contributed by atoms with Crippen molar-refractivity contribution in [1.82, 2.24) is 4.98 Å². The van der Waals surface area contributed by atoms with Crippen molar-refractivity contribution in [2.75, 3.05) is 0 Å². The fourth-order valence-electron chi connectivity index (χ4n) is 2.97. The average molecular weight is 419 g/mol. The van der Waals surface area contributed by atoms with Crippen LogP contribution in [0.3, 0.4) is 0 Å². The molecule has 7 heteroatoms. The average Bonchev–Trinajstić information content (AvgIpc) is 2.78. The molecule has 0 spiro atoms. The van der Waals surface area contributed by atoms with Crippen LogP contribution in [0.2, 0.25) is 0 Å². The maximum Gasteiger partial charge on any atom is 0.335 e. The molecule has 6 nitrogen and oxygen atoms in total. The van der Waals surface area contributed by atoms with Crippen molar-refractivity contribution < 1.29 is 23.1 Å². The summed E-state index contributed by atoms with van der Waals surface area (Å²) < 4.78 is 31.2. The standard InChI is InChI=1S/C23H17NO5S/c25-23(26)17-6-11-20(12-7-17)30(27,28)21-13-9-19(10-14-21)29-15-18-8-5-16-3-1-2-4-22(16)24-18/h1-14H,15H2,(H,25,26). The summed E-state index contributed by atoms with van der Waals surface area (Å²) in [7, 11) is -3.75. The van der Waals surface area contributed by atoms with Gasteiger partial charge in [-0.2, -0.15) is 0 Å². The van der Waals surface area contributed by atoms with Gasteiger partial charge in [0.25, 0.3) is 0 Å². The number of benzene rings is 3. The highest BCUT2D eigenvalue weighted by Crippen LogP contribution is 2.24. The molecule has 0 aliphatic heterocycles. The maximum atomic E-state index is 12.7. The molecule has 0 aliphatic carbocycles. The molecule has 1 heterocycles. The van der Waals surface area contributed by atoms with Crippen molar-refractivity contribution in [2.45, 2.75) is 16.4 Å². The van der Waals surface area contributed by atoms with Crippen molar-refractivity contribution in [2.24, 2.45) is 0 Å². The number of fused-ring (bicyclic) bond motifs is 1. The summed E-state index contributed by atoms with van der Waals surface area (Å²) in [4.78, 5) is 15.6. The van der Waals surface area contributed by atoms with Gasteiger partial charge in [0.1, 0.15) is 12.4 Å². The number of nitrogens with zero attached hydrogens (tertiary/aromatic N) is 1. The van der Waals surface area contributed by atoms with E-state index in [9.17, 15) is 13.2 Å². The molecule has 0 saturated carbocycles. The lowest BCUT2D eigenvalue weighted by atomic mass is 10.2. The summed E-state index contributed by atoms with van der Waals surface area (Å²) in [5, 5.41) is 9.99. The quantitative estimate of drug-likeness (QED) is 0.500. The van der Waals surface area contributed by atoms with E-state index in [0.29, 0.717) is 5.75 Å². The first-order valence-corrected chi connectivity index (χ1v) is 10.6. The summed E-state index contributed by atoms with van der Waals surface area (Å²) in [6.07, 6.45) is 0. The van der Waals surface area contributed by atoms with Crippen LogP contribution in [-0.2, 0) is 16.4 Å². The maximum absolute atomic E-state index is 12.7. The number of carboxylic acid groups (broad SMARTS) is 1. The van der Waals surface area contributed by atoms with Gasteiger partial charge in [0.2, 0.25) is 9.84 Å². The molecule has 1 aromatic heterocycles. The normalized spacial score (nSPS) is 11.3. The predicted molar refractivity (Wildman–Crippen MR) is 111 cm³/mol. The van der Waals surface area contributed by atoms with E-state index in [1.54, 1.807) is 12.1 Å². The minimum absolute atomic E-state index is 0.0278. The van der Waals surface area contributed by atoms with Crippen LogP contribution in [0.15, 0.2) is 94.7 Å². The first kappa shape index (κ1) is 19.6. The number of ether oxygens (including phenoxy) is 1. The highest BCUT2D eigenvalue weighted by molar-refractivity contribution is 7.91. The van der Waals surface area contributed by atoms with Crippen LogP contribution in [-0.4, -0.2) is 24.5 Å². The Labute approximate surface area is 173 Å². The Kier molecular flexibility index (Phi) is 5.20. The van der Waals surface area contributed by atoms with Crippen molar-refractivity contribution >= 4 is 26.7 Å². The van der Waals surface area contributed by atoms with Gasteiger partial charge < -0.3 is 9.84 Å². The van der Waals surface area contributed by atoms with Crippen molar-refractivity contribution in [3.05, 3.63) is 96.2 Å². The van der Waals surface area contributed by atoms with Crippen LogP contribution in [0.4, 0.5) is 0 Å². The van der Waals surface area contributed by atoms with Crippen molar-refractivity contribution in [3.63, 3.8) is 0 Å². The Bertz CT molecular complexity index is 1310. The molecule has 0 aliphatic rings. The van der Waals surface area contributed by atoms with Crippen LogP contribution < -0.4 is 4.74 Å². The fourth-order valence-corrected chi connectivity index (χ4v) is 4.23. The van der Waals surface area contributed by atoms with Crippen LogP contribution in [0, 0.1) is 0 Å². The minimum atomic E-state index is -3.75. The van der Waals surface area contributed by atoms with Gasteiger partial charge in [-0.3, -0.25) is 0 Å². The number of carbonyl (C=O) groups is 1. The van der Waals surface area contributed by atoms with E-state index in [-0.39, 0.29) is 22.0 Å². The van der Waals surface area contributed by atoms with E-state index in [0.717, 1.165) is 16.6 Å². The number of rotatable bonds is 6. The highest BCUT2D eigenvalue weighted by atomic mass is 32.2. The van der Waals surface area contributed by atoms with Gasteiger partial charge >= 0.3 is 5.97 Å².